The molecule has 134 valence electrons. The molecular weight excluding hydrogens is 344 g/mol. The van der Waals surface area contributed by atoms with E-state index in [1.54, 1.807) is 0 Å². The molecule has 4 nitrogen and oxygen atoms in total. The first-order chi connectivity index (χ1) is 12.8. The highest BCUT2D eigenvalue weighted by Crippen LogP contribution is 2.28. The number of benzene rings is 2. The summed E-state index contributed by atoms with van der Waals surface area (Å²) in [6, 6.07) is 17.1. The van der Waals surface area contributed by atoms with Crippen molar-refractivity contribution in [1.82, 2.24) is 19.8 Å². The predicted molar refractivity (Wildman–Crippen MR) is 106 cm³/mol. The number of hydrogen-bond donors (Lipinski definition) is 1. The van der Waals surface area contributed by atoms with E-state index in [9.17, 15) is 0 Å². The van der Waals surface area contributed by atoms with E-state index in [2.05, 4.69) is 50.1 Å². The molecule has 2 aromatic carbocycles. The first-order valence-corrected chi connectivity index (χ1v) is 9.42. The molecule has 0 amide bonds. The number of nitrogens with zero attached hydrogens (tertiary/aromatic N) is 3. The molecule has 5 heteroatoms. The molecule has 0 radical (unpaired) electrons. The van der Waals surface area contributed by atoms with Gasteiger partial charge >= 0.3 is 0 Å². The summed E-state index contributed by atoms with van der Waals surface area (Å²) in [6.07, 6.45) is 5.68. The Hall–Kier alpha value is -2.14. The molecule has 1 aliphatic rings. The van der Waals surface area contributed by atoms with Crippen LogP contribution in [0.1, 0.15) is 22.7 Å². The summed E-state index contributed by atoms with van der Waals surface area (Å²) in [5.74, 6) is 0. The van der Waals surface area contributed by atoms with Gasteiger partial charge in [0.25, 0.3) is 0 Å². The zero-order valence-electron chi connectivity index (χ0n) is 14.7. The van der Waals surface area contributed by atoms with Crippen LogP contribution in [-0.2, 0) is 6.54 Å². The van der Waals surface area contributed by atoms with Crippen LogP contribution in [0.4, 0.5) is 0 Å². The molecule has 2 heterocycles. The number of hydrogen-bond acceptors (Lipinski definition) is 3. The molecule has 1 N–H and O–H groups in total. The highest BCUT2D eigenvalue weighted by Gasteiger charge is 2.17. The van der Waals surface area contributed by atoms with Crippen molar-refractivity contribution in [2.24, 2.45) is 0 Å². The van der Waals surface area contributed by atoms with Gasteiger partial charge in [-0.15, -0.1) is 0 Å². The van der Waals surface area contributed by atoms with Gasteiger partial charge in [-0.2, -0.15) is 0 Å². The van der Waals surface area contributed by atoms with Crippen LogP contribution in [0.2, 0.25) is 5.02 Å². The molecular formula is C21H23ClN4. The third-order valence-electron chi connectivity index (χ3n) is 4.90. The molecule has 0 saturated carbocycles. The number of aromatic nitrogens is 2. The Morgan fingerprint density at radius 2 is 1.85 bits per heavy atom. The minimum atomic E-state index is 0.0736. The first-order valence-electron chi connectivity index (χ1n) is 9.04. The number of halogens is 1. The molecule has 1 aromatic heterocycles. The second-order valence-electron chi connectivity index (χ2n) is 6.74. The van der Waals surface area contributed by atoms with E-state index >= 15 is 0 Å². The van der Waals surface area contributed by atoms with Crippen LogP contribution >= 0.6 is 11.6 Å². The Kier molecular flexibility index (Phi) is 5.34. The maximum Gasteiger partial charge on any atom is 0.0954 e. The Balaban J connectivity index is 1.59. The Labute approximate surface area is 159 Å². The minimum absolute atomic E-state index is 0.0736. The standard InChI is InChI=1S/C21H23ClN4/c22-20-3-1-2-19(14-20)21(26-13-10-24-16-26)18-6-4-17(5-7-18)15-25-11-8-23-9-12-25/h1-7,10,13-14,16,21,23H,8-9,11-12,15H2/t21-/m0/s1. The molecule has 3 aromatic rings. The van der Waals surface area contributed by atoms with Crippen LogP contribution in [-0.4, -0.2) is 40.6 Å². The fourth-order valence-electron chi connectivity index (χ4n) is 3.57. The number of rotatable bonds is 5. The van der Waals surface area contributed by atoms with Crippen molar-refractivity contribution < 1.29 is 0 Å². The molecule has 4 rings (SSSR count). The fourth-order valence-corrected chi connectivity index (χ4v) is 3.77. The Morgan fingerprint density at radius 1 is 1.04 bits per heavy atom. The van der Waals surface area contributed by atoms with Gasteiger partial charge in [-0.05, 0) is 28.8 Å². The van der Waals surface area contributed by atoms with E-state index in [0.717, 1.165) is 43.3 Å². The maximum atomic E-state index is 6.24. The lowest BCUT2D eigenvalue weighted by Gasteiger charge is -2.27. The monoisotopic (exact) mass is 366 g/mol. The molecule has 1 atom stereocenters. The zero-order chi connectivity index (χ0) is 17.8. The average Bonchev–Trinajstić information content (AvgIpc) is 3.19. The number of piperazine rings is 1. The third kappa shape index (κ3) is 3.98. The molecule has 1 aliphatic heterocycles. The van der Waals surface area contributed by atoms with Crippen molar-refractivity contribution in [3.63, 3.8) is 0 Å². The molecule has 1 saturated heterocycles. The summed E-state index contributed by atoms with van der Waals surface area (Å²) in [6.45, 7) is 5.39. The topological polar surface area (TPSA) is 33.1 Å². The SMILES string of the molecule is Clc1cccc([C@H](c2ccc(CN3CCNCC3)cc2)n2ccnc2)c1. The number of imidazole rings is 1. The Bertz CT molecular complexity index is 823. The zero-order valence-corrected chi connectivity index (χ0v) is 15.4. The second-order valence-corrected chi connectivity index (χ2v) is 7.17. The van der Waals surface area contributed by atoms with Gasteiger partial charge in [0.15, 0.2) is 0 Å². The maximum absolute atomic E-state index is 6.24. The normalized spacial score (nSPS) is 16.5. The summed E-state index contributed by atoms with van der Waals surface area (Å²) in [5.41, 5.74) is 3.74. The van der Waals surface area contributed by atoms with Crippen molar-refractivity contribution in [3.8, 4) is 0 Å². The van der Waals surface area contributed by atoms with Crippen molar-refractivity contribution >= 4 is 11.6 Å². The molecule has 26 heavy (non-hydrogen) atoms. The lowest BCUT2D eigenvalue weighted by atomic mass is 9.97. The largest absolute Gasteiger partial charge is 0.326 e. The lowest BCUT2D eigenvalue weighted by molar-refractivity contribution is 0.233. The van der Waals surface area contributed by atoms with Gasteiger partial charge in [-0.1, -0.05) is 48.0 Å². The summed E-state index contributed by atoms with van der Waals surface area (Å²) in [5, 5.41) is 4.15. The third-order valence-corrected chi connectivity index (χ3v) is 5.13. The highest BCUT2D eigenvalue weighted by atomic mass is 35.5. The quantitative estimate of drug-likeness (QED) is 0.749. The van der Waals surface area contributed by atoms with Gasteiger partial charge in [-0.25, -0.2) is 4.98 Å². The highest BCUT2D eigenvalue weighted by molar-refractivity contribution is 6.30. The fraction of sp³-hybridized carbons (Fsp3) is 0.286. The van der Waals surface area contributed by atoms with Gasteiger partial charge in [-0.3, -0.25) is 4.90 Å². The van der Waals surface area contributed by atoms with Crippen molar-refractivity contribution in [2.45, 2.75) is 12.6 Å². The minimum Gasteiger partial charge on any atom is -0.326 e. The molecule has 0 bridgehead atoms. The van der Waals surface area contributed by atoms with Crippen LogP contribution in [0.15, 0.2) is 67.3 Å². The second kappa shape index (κ2) is 8.04. The first kappa shape index (κ1) is 17.3. The predicted octanol–water partition coefficient (Wildman–Crippen LogP) is 3.58. The van der Waals surface area contributed by atoms with Crippen LogP contribution < -0.4 is 5.32 Å². The smallest absolute Gasteiger partial charge is 0.0954 e. The van der Waals surface area contributed by atoms with Crippen LogP contribution in [0.5, 0.6) is 0 Å². The average molecular weight is 367 g/mol. The van der Waals surface area contributed by atoms with Crippen molar-refractivity contribution in [1.29, 1.82) is 0 Å². The Morgan fingerprint density at radius 3 is 2.54 bits per heavy atom. The summed E-state index contributed by atoms with van der Waals surface area (Å²) in [7, 11) is 0. The number of nitrogens with one attached hydrogen (secondary N) is 1. The van der Waals surface area contributed by atoms with Gasteiger partial charge < -0.3 is 9.88 Å². The van der Waals surface area contributed by atoms with E-state index in [1.165, 1.54) is 11.1 Å². The van der Waals surface area contributed by atoms with Gasteiger partial charge in [0.2, 0.25) is 0 Å². The summed E-state index contributed by atoms with van der Waals surface area (Å²) in [4.78, 5) is 6.72. The lowest BCUT2D eigenvalue weighted by Crippen LogP contribution is -2.42. The van der Waals surface area contributed by atoms with Crippen LogP contribution in [0, 0.1) is 0 Å². The van der Waals surface area contributed by atoms with Gasteiger partial charge in [0.05, 0.1) is 12.4 Å². The van der Waals surface area contributed by atoms with Crippen LogP contribution in [0.25, 0.3) is 0 Å². The van der Waals surface area contributed by atoms with E-state index in [1.807, 2.05) is 36.9 Å². The molecule has 1 fully saturated rings. The molecule has 0 aliphatic carbocycles. The van der Waals surface area contributed by atoms with Crippen molar-refractivity contribution in [3.05, 3.63) is 89.0 Å². The van der Waals surface area contributed by atoms with E-state index in [-0.39, 0.29) is 6.04 Å². The molecule has 0 spiro atoms. The van der Waals surface area contributed by atoms with Gasteiger partial charge in [0.1, 0.15) is 0 Å². The van der Waals surface area contributed by atoms with Gasteiger partial charge in [0, 0.05) is 50.1 Å². The van der Waals surface area contributed by atoms with E-state index in [0.29, 0.717) is 0 Å². The van der Waals surface area contributed by atoms with Crippen molar-refractivity contribution in [2.75, 3.05) is 26.2 Å². The summed E-state index contributed by atoms with van der Waals surface area (Å²) < 4.78 is 2.12. The van der Waals surface area contributed by atoms with E-state index < -0.39 is 0 Å². The summed E-state index contributed by atoms with van der Waals surface area (Å²) >= 11 is 6.24. The molecule has 0 unspecified atom stereocenters. The van der Waals surface area contributed by atoms with Crippen LogP contribution in [0.3, 0.4) is 0 Å². The van der Waals surface area contributed by atoms with E-state index in [4.69, 9.17) is 11.6 Å².